The van der Waals surface area contributed by atoms with Crippen LogP contribution < -0.4 is 5.32 Å². The zero-order chi connectivity index (χ0) is 20.1. The second kappa shape index (κ2) is 9.35. The Morgan fingerprint density at radius 3 is 2.86 bits per heavy atom. The molecule has 1 unspecified atom stereocenters. The lowest BCUT2D eigenvalue weighted by Crippen LogP contribution is -2.45. The van der Waals surface area contributed by atoms with Crippen LogP contribution in [-0.2, 0) is 6.42 Å². The van der Waals surface area contributed by atoms with Crippen molar-refractivity contribution < 1.29 is 4.52 Å². The minimum atomic E-state index is -0.356. The fraction of sp³-hybridized carbons (Fsp3) is 0.455. The third-order valence-corrected chi connectivity index (χ3v) is 5.45. The molecular weight excluding hydrogens is 386 g/mol. The monoisotopic (exact) mass is 413 g/mol. The lowest BCUT2D eigenvalue weighted by molar-refractivity contribution is 0.229. The Hall–Kier alpha value is -2.47. The number of amidine groups is 1. The Bertz CT molecular complexity index is 863. The van der Waals surface area contributed by atoms with E-state index in [2.05, 4.69) is 56.6 Å². The number of nitrogens with one attached hydrogen (secondary N) is 1. The van der Waals surface area contributed by atoms with Gasteiger partial charge in [0.05, 0.1) is 12.4 Å². The summed E-state index contributed by atoms with van der Waals surface area (Å²) in [6.07, 6.45) is 7.53. The van der Waals surface area contributed by atoms with Crippen LogP contribution in [0.2, 0.25) is 0 Å². The Balaban J connectivity index is 1.27. The van der Waals surface area contributed by atoms with Gasteiger partial charge in [0.1, 0.15) is 11.5 Å². The Morgan fingerprint density at radius 1 is 1.17 bits per heavy atom. The lowest BCUT2D eigenvalue weighted by atomic mass is 10.1. The third kappa shape index (κ3) is 4.93. The van der Waals surface area contributed by atoms with E-state index in [1.165, 1.54) is 6.42 Å². The molecule has 2 aromatic rings. The third-order valence-electron chi connectivity index (χ3n) is 5.24. The van der Waals surface area contributed by atoms with Gasteiger partial charge in [0.25, 0.3) is 0 Å². The smallest absolute Gasteiger partial charge is 0.197 e. The van der Waals surface area contributed by atoms with Crippen molar-refractivity contribution in [2.75, 3.05) is 19.8 Å². The number of aromatic nitrogens is 1. The van der Waals surface area contributed by atoms with Gasteiger partial charge in [-0.3, -0.25) is 0 Å². The summed E-state index contributed by atoms with van der Waals surface area (Å²) in [6, 6.07) is 12.2. The molecule has 6 nitrogen and oxygen atoms in total. The van der Waals surface area contributed by atoms with E-state index in [9.17, 15) is 0 Å². The number of hydrogen-bond donors (Lipinski definition) is 1. The van der Waals surface area contributed by atoms with Crippen molar-refractivity contribution in [3.05, 3.63) is 54.1 Å². The number of alkyl halides is 1. The van der Waals surface area contributed by atoms with Crippen LogP contribution in [0.25, 0.3) is 11.3 Å². The number of hydrogen-bond acceptors (Lipinski definition) is 6. The maximum atomic E-state index is 6.17. The number of unbranched alkanes of at least 4 members (excludes halogenated alkanes) is 2. The molecule has 0 amide bonds. The second-order valence-corrected chi connectivity index (χ2v) is 7.96. The first kappa shape index (κ1) is 19.8. The van der Waals surface area contributed by atoms with Crippen molar-refractivity contribution in [1.29, 1.82) is 0 Å². The molecule has 0 bridgehead atoms. The van der Waals surface area contributed by atoms with Gasteiger partial charge in [-0.2, -0.15) is 0 Å². The van der Waals surface area contributed by atoms with Crippen molar-refractivity contribution in [2.24, 2.45) is 4.99 Å². The van der Waals surface area contributed by atoms with E-state index in [0.29, 0.717) is 0 Å². The molecule has 0 radical (unpaired) electrons. The van der Waals surface area contributed by atoms with Gasteiger partial charge in [-0.15, -0.1) is 0 Å². The van der Waals surface area contributed by atoms with Gasteiger partial charge in [0, 0.05) is 37.3 Å². The number of aliphatic imine (C=N–C) groups is 1. The second-order valence-electron chi connectivity index (χ2n) is 7.55. The zero-order valence-corrected chi connectivity index (χ0v) is 17.6. The molecule has 1 aromatic carbocycles. The zero-order valence-electron chi connectivity index (χ0n) is 16.9. The van der Waals surface area contributed by atoms with Crippen LogP contribution in [0.3, 0.4) is 0 Å². The van der Waals surface area contributed by atoms with Crippen molar-refractivity contribution in [1.82, 2.24) is 20.3 Å². The van der Waals surface area contributed by atoms with Crippen LogP contribution in [0.4, 0.5) is 0 Å². The van der Waals surface area contributed by atoms with E-state index in [1.54, 1.807) is 0 Å². The SMILES string of the molecule is CCCCN1CN(CCCCc2cc(-c3ccccc3)no2)C=C2NC(Cl)N=C21. The van der Waals surface area contributed by atoms with Gasteiger partial charge < -0.3 is 19.6 Å². The predicted octanol–water partition coefficient (Wildman–Crippen LogP) is 4.41. The molecule has 1 aromatic heterocycles. The molecule has 3 heterocycles. The molecule has 29 heavy (non-hydrogen) atoms. The average molecular weight is 414 g/mol. The standard InChI is InChI=1S/C22H28ClN5O/c1-2-3-13-28-16-27(15-20-21(28)25-22(23)24-20)12-8-7-11-18-14-19(26-29-18)17-9-5-4-6-10-17/h4-6,9-10,14-15,22,24H,2-3,7-8,11-13,16H2,1H3. The Kier molecular flexibility index (Phi) is 6.39. The van der Waals surface area contributed by atoms with Gasteiger partial charge in [-0.1, -0.05) is 60.4 Å². The highest BCUT2D eigenvalue weighted by Gasteiger charge is 2.29. The maximum Gasteiger partial charge on any atom is 0.197 e. The Morgan fingerprint density at radius 2 is 2.03 bits per heavy atom. The van der Waals surface area contributed by atoms with Crippen LogP contribution >= 0.6 is 11.6 Å². The summed E-state index contributed by atoms with van der Waals surface area (Å²) in [5.74, 6) is 1.95. The molecule has 1 atom stereocenters. The van der Waals surface area contributed by atoms with E-state index in [-0.39, 0.29) is 5.62 Å². The van der Waals surface area contributed by atoms with Crippen LogP contribution in [0.15, 0.2) is 57.8 Å². The first-order chi connectivity index (χ1) is 14.2. The summed E-state index contributed by atoms with van der Waals surface area (Å²) in [4.78, 5) is 9.20. The van der Waals surface area contributed by atoms with Gasteiger partial charge in [0.15, 0.2) is 11.5 Å². The molecule has 4 rings (SSSR count). The summed E-state index contributed by atoms with van der Waals surface area (Å²) in [7, 11) is 0. The van der Waals surface area contributed by atoms with Crippen molar-refractivity contribution in [3.8, 4) is 11.3 Å². The lowest BCUT2D eigenvalue weighted by Gasteiger charge is -2.36. The number of rotatable bonds is 9. The molecule has 2 aliphatic heterocycles. The highest BCUT2D eigenvalue weighted by molar-refractivity contribution is 6.22. The first-order valence-electron chi connectivity index (χ1n) is 10.4. The quantitative estimate of drug-likeness (QED) is 0.375. The summed E-state index contributed by atoms with van der Waals surface area (Å²) in [5, 5.41) is 7.44. The summed E-state index contributed by atoms with van der Waals surface area (Å²) in [6.45, 7) is 5.08. The van der Waals surface area contributed by atoms with Gasteiger partial charge in [0.2, 0.25) is 0 Å². The molecular formula is C22H28ClN5O. The predicted molar refractivity (Wildman–Crippen MR) is 116 cm³/mol. The summed E-state index contributed by atoms with van der Waals surface area (Å²) in [5.41, 5.74) is 2.68. The van der Waals surface area contributed by atoms with Crippen LogP contribution in [-0.4, -0.2) is 46.2 Å². The fourth-order valence-electron chi connectivity index (χ4n) is 3.71. The highest BCUT2D eigenvalue weighted by atomic mass is 35.5. The van der Waals surface area contributed by atoms with Crippen LogP contribution in [0.5, 0.6) is 0 Å². The maximum absolute atomic E-state index is 6.17. The molecule has 154 valence electrons. The topological polar surface area (TPSA) is 56.9 Å². The summed E-state index contributed by atoms with van der Waals surface area (Å²) >= 11 is 6.17. The van der Waals surface area contributed by atoms with Crippen molar-refractivity contribution >= 4 is 17.4 Å². The van der Waals surface area contributed by atoms with Gasteiger partial charge in [-0.05, 0) is 19.3 Å². The van der Waals surface area contributed by atoms with E-state index in [1.807, 2.05) is 18.2 Å². The fourth-order valence-corrected chi connectivity index (χ4v) is 3.92. The minimum Gasteiger partial charge on any atom is -0.361 e. The van der Waals surface area contributed by atoms with Crippen LogP contribution in [0, 0.1) is 0 Å². The molecule has 0 saturated carbocycles. The number of nitrogens with zero attached hydrogens (tertiary/aromatic N) is 4. The molecule has 0 fully saturated rings. The number of halogens is 1. The Labute approximate surface area is 177 Å². The van der Waals surface area contributed by atoms with E-state index in [4.69, 9.17) is 16.1 Å². The number of benzene rings is 1. The first-order valence-corrected chi connectivity index (χ1v) is 10.9. The number of fused-ring (bicyclic) bond motifs is 1. The van der Waals surface area contributed by atoms with Gasteiger partial charge >= 0.3 is 0 Å². The van der Waals surface area contributed by atoms with E-state index in [0.717, 1.165) is 74.0 Å². The largest absolute Gasteiger partial charge is 0.361 e. The molecule has 7 heteroatoms. The normalized spacial score (nSPS) is 18.3. The van der Waals surface area contributed by atoms with Crippen molar-refractivity contribution in [2.45, 2.75) is 44.7 Å². The molecule has 0 aliphatic carbocycles. The van der Waals surface area contributed by atoms with Crippen LogP contribution in [0.1, 0.15) is 38.4 Å². The summed E-state index contributed by atoms with van der Waals surface area (Å²) < 4.78 is 5.52. The highest BCUT2D eigenvalue weighted by Crippen LogP contribution is 2.22. The minimum absolute atomic E-state index is 0.356. The number of aryl methyl sites for hydroxylation is 1. The van der Waals surface area contributed by atoms with E-state index < -0.39 is 0 Å². The molecule has 1 N–H and O–H groups in total. The van der Waals surface area contributed by atoms with E-state index >= 15 is 0 Å². The molecule has 2 aliphatic rings. The molecule has 0 spiro atoms. The van der Waals surface area contributed by atoms with Gasteiger partial charge in [-0.25, -0.2) is 4.99 Å². The average Bonchev–Trinajstić information content (AvgIpc) is 3.36. The molecule has 0 saturated heterocycles. The van der Waals surface area contributed by atoms with Crippen molar-refractivity contribution in [3.63, 3.8) is 0 Å².